The number of rotatable bonds is 7. The van der Waals surface area contributed by atoms with Gasteiger partial charge in [0.05, 0.1) is 25.9 Å². The maximum Gasteiger partial charge on any atom is 0.251 e. The van der Waals surface area contributed by atoms with Gasteiger partial charge in [-0.05, 0) is 31.0 Å². The number of morpholine rings is 1. The van der Waals surface area contributed by atoms with Crippen LogP contribution in [0.3, 0.4) is 0 Å². The van der Waals surface area contributed by atoms with Gasteiger partial charge in [-0.2, -0.15) is 5.10 Å². The van der Waals surface area contributed by atoms with E-state index in [0.717, 1.165) is 43.1 Å². The highest BCUT2D eigenvalue weighted by atomic mass is 16.5. The Bertz CT molecular complexity index is 863. The Labute approximate surface area is 178 Å². The maximum absolute atomic E-state index is 12.2. The molecule has 1 atom stereocenters. The lowest BCUT2D eigenvalue weighted by Crippen LogP contribution is -2.48. The van der Waals surface area contributed by atoms with Crippen LogP contribution in [-0.2, 0) is 18.3 Å². The average molecular weight is 413 g/mol. The molecule has 0 radical (unpaired) electrons. The van der Waals surface area contributed by atoms with E-state index in [0.29, 0.717) is 25.3 Å². The van der Waals surface area contributed by atoms with E-state index in [2.05, 4.69) is 27.6 Å². The molecule has 0 saturated carbocycles. The highest BCUT2D eigenvalue weighted by Crippen LogP contribution is 2.21. The molecule has 30 heavy (non-hydrogen) atoms. The first-order chi connectivity index (χ1) is 14.6. The monoisotopic (exact) mass is 412 g/mol. The molecule has 1 saturated heterocycles. The summed E-state index contributed by atoms with van der Waals surface area (Å²) in [7, 11) is 1.91. The standard InChI is InChI=1S/C22H32N6O2/c1-4-9-24-21(29)18-8-6-7-17(12-18)13-25-22(23-5-2)28-10-11-30-20(16-28)19-14-26-27(3)15-19/h6-8,12,14-15,20H,4-5,9-11,13,16H2,1-3H3,(H,23,25)(H,24,29). The predicted molar refractivity (Wildman–Crippen MR) is 117 cm³/mol. The van der Waals surface area contributed by atoms with E-state index >= 15 is 0 Å². The third kappa shape index (κ3) is 5.82. The number of guanidine groups is 1. The molecular weight excluding hydrogens is 380 g/mol. The Balaban J connectivity index is 1.69. The molecule has 3 rings (SSSR count). The van der Waals surface area contributed by atoms with Gasteiger partial charge in [0.1, 0.15) is 6.10 Å². The van der Waals surface area contributed by atoms with Gasteiger partial charge in [0.2, 0.25) is 0 Å². The van der Waals surface area contributed by atoms with Crippen molar-refractivity contribution in [2.75, 3.05) is 32.8 Å². The van der Waals surface area contributed by atoms with Gasteiger partial charge in [0, 0.05) is 44.0 Å². The summed E-state index contributed by atoms with van der Waals surface area (Å²) in [6.45, 7) is 8.21. The number of nitrogens with zero attached hydrogens (tertiary/aromatic N) is 4. The van der Waals surface area contributed by atoms with Crippen molar-refractivity contribution in [3.8, 4) is 0 Å². The van der Waals surface area contributed by atoms with Crippen molar-refractivity contribution >= 4 is 11.9 Å². The summed E-state index contributed by atoms with van der Waals surface area (Å²) in [5.74, 6) is 0.817. The number of ether oxygens (including phenoxy) is 1. The minimum atomic E-state index is -0.0397. The Morgan fingerprint density at radius 1 is 1.33 bits per heavy atom. The molecule has 1 aliphatic heterocycles. The summed E-state index contributed by atoms with van der Waals surface area (Å²) in [6, 6.07) is 7.66. The molecule has 8 heteroatoms. The van der Waals surface area contributed by atoms with Gasteiger partial charge >= 0.3 is 0 Å². The van der Waals surface area contributed by atoms with E-state index in [1.807, 2.05) is 50.6 Å². The van der Waals surface area contributed by atoms with E-state index in [1.54, 1.807) is 4.68 Å². The molecule has 0 spiro atoms. The van der Waals surface area contributed by atoms with Gasteiger partial charge in [0.25, 0.3) is 5.91 Å². The molecule has 1 amide bonds. The molecular formula is C22H32N6O2. The number of aromatic nitrogens is 2. The Morgan fingerprint density at radius 2 is 2.20 bits per heavy atom. The number of amides is 1. The van der Waals surface area contributed by atoms with Crippen molar-refractivity contribution in [1.29, 1.82) is 0 Å². The van der Waals surface area contributed by atoms with Crippen LogP contribution in [-0.4, -0.2) is 59.3 Å². The van der Waals surface area contributed by atoms with Crippen molar-refractivity contribution in [2.45, 2.75) is 32.9 Å². The Kier molecular flexibility index (Phi) is 7.84. The molecule has 2 heterocycles. The van der Waals surface area contributed by atoms with Gasteiger partial charge in [0.15, 0.2) is 5.96 Å². The molecule has 8 nitrogen and oxygen atoms in total. The van der Waals surface area contributed by atoms with E-state index < -0.39 is 0 Å². The fourth-order valence-corrected chi connectivity index (χ4v) is 3.39. The van der Waals surface area contributed by atoms with Crippen LogP contribution in [0.15, 0.2) is 41.7 Å². The van der Waals surface area contributed by atoms with Gasteiger partial charge in [-0.1, -0.05) is 19.1 Å². The molecule has 2 N–H and O–H groups in total. The first kappa shape index (κ1) is 21.8. The summed E-state index contributed by atoms with van der Waals surface area (Å²) < 4.78 is 7.74. The Hall–Kier alpha value is -2.87. The average Bonchev–Trinajstić information content (AvgIpc) is 3.21. The smallest absolute Gasteiger partial charge is 0.251 e. The van der Waals surface area contributed by atoms with Crippen molar-refractivity contribution in [2.24, 2.45) is 12.0 Å². The number of aliphatic imine (C=N–C) groups is 1. The normalized spacial score (nSPS) is 17.1. The summed E-state index contributed by atoms with van der Waals surface area (Å²) in [6.07, 6.45) is 4.74. The third-order valence-electron chi connectivity index (χ3n) is 4.93. The highest BCUT2D eigenvalue weighted by molar-refractivity contribution is 5.94. The number of aryl methyl sites for hydroxylation is 1. The number of carbonyl (C=O) groups excluding carboxylic acids is 1. The van der Waals surface area contributed by atoms with Crippen LogP contribution in [0.5, 0.6) is 0 Å². The Morgan fingerprint density at radius 3 is 2.93 bits per heavy atom. The summed E-state index contributed by atoms with van der Waals surface area (Å²) in [4.78, 5) is 19.3. The van der Waals surface area contributed by atoms with Crippen LogP contribution in [0.2, 0.25) is 0 Å². The predicted octanol–water partition coefficient (Wildman–Crippen LogP) is 2.10. The molecule has 1 fully saturated rings. The molecule has 0 aliphatic carbocycles. The lowest BCUT2D eigenvalue weighted by molar-refractivity contribution is -0.00805. The highest BCUT2D eigenvalue weighted by Gasteiger charge is 2.25. The number of nitrogens with one attached hydrogen (secondary N) is 2. The van der Waals surface area contributed by atoms with Crippen LogP contribution >= 0.6 is 0 Å². The number of hydrogen-bond acceptors (Lipinski definition) is 4. The number of benzene rings is 1. The second-order valence-corrected chi connectivity index (χ2v) is 7.38. The van der Waals surface area contributed by atoms with Crippen molar-refractivity contribution in [1.82, 2.24) is 25.3 Å². The summed E-state index contributed by atoms with van der Waals surface area (Å²) in [5, 5.41) is 10.6. The van der Waals surface area contributed by atoms with E-state index in [4.69, 9.17) is 9.73 Å². The van der Waals surface area contributed by atoms with E-state index in [-0.39, 0.29) is 12.0 Å². The van der Waals surface area contributed by atoms with Crippen molar-refractivity contribution in [3.63, 3.8) is 0 Å². The quantitative estimate of drug-likeness (QED) is 0.538. The zero-order valence-electron chi connectivity index (χ0n) is 18.1. The molecule has 1 aliphatic rings. The van der Waals surface area contributed by atoms with Gasteiger partial charge in [-0.3, -0.25) is 9.48 Å². The zero-order valence-corrected chi connectivity index (χ0v) is 18.1. The summed E-state index contributed by atoms with van der Waals surface area (Å²) >= 11 is 0. The number of carbonyl (C=O) groups is 1. The summed E-state index contributed by atoms with van der Waals surface area (Å²) in [5.41, 5.74) is 2.75. The largest absolute Gasteiger partial charge is 0.370 e. The first-order valence-corrected chi connectivity index (χ1v) is 10.6. The third-order valence-corrected chi connectivity index (χ3v) is 4.93. The van der Waals surface area contributed by atoms with Gasteiger partial charge < -0.3 is 20.3 Å². The second-order valence-electron chi connectivity index (χ2n) is 7.38. The van der Waals surface area contributed by atoms with Crippen molar-refractivity contribution < 1.29 is 9.53 Å². The second kappa shape index (κ2) is 10.8. The van der Waals surface area contributed by atoms with Crippen LogP contribution in [0.25, 0.3) is 0 Å². The maximum atomic E-state index is 12.2. The van der Waals surface area contributed by atoms with Crippen LogP contribution in [0.4, 0.5) is 0 Å². The molecule has 2 aromatic rings. The van der Waals surface area contributed by atoms with Crippen molar-refractivity contribution in [3.05, 3.63) is 53.3 Å². The first-order valence-electron chi connectivity index (χ1n) is 10.6. The van der Waals surface area contributed by atoms with Crippen LogP contribution in [0, 0.1) is 0 Å². The van der Waals surface area contributed by atoms with E-state index in [1.165, 1.54) is 0 Å². The lowest BCUT2D eigenvalue weighted by Gasteiger charge is -2.34. The fraction of sp³-hybridized carbons (Fsp3) is 0.500. The minimum absolute atomic E-state index is 0.0260. The molecule has 0 bridgehead atoms. The molecule has 1 aromatic carbocycles. The lowest BCUT2D eigenvalue weighted by atomic mass is 10.1. The molecule has 1 aromatic heterocycles. The topological polar surface area (TPSA) is 83.8 Å². The molecule has 1 unspecified atom stereocenters. The van der Waals surface area contributed by atoms with Gasteiger partial charge in [-0.25, -0.2) is 4.99 Å². The van der Waals surface area contributed by atoms with Crippen LogP contribution < -0.4 is 10.6 Å². The van der Waals surface area contributed by atoms with Gasteiger partial charge in [-0.15, -0.1) is 0 Å². The zero-order chi connectivity index (χ0) is 21.3. The number of hydrogen-bond donors (Lipinski definition) is 2. The van der Waals surface area contributed by atoms with Crippen LogP contribution in [0.1, 0.15) is 47.9 Å². The van der Waals surface area contributed by atoms with E-state index in [9.17, 15) is 4.79 Å². The molecule has 162 valence electrons. The fourth-order valence-electron chi connectivity index (χ4n) is 3.39. The SMILES string of the molecule is CCCNC(=O)c1cccc(CN=C(NCC)N2CCOC(c3cnn(C)c3)C2)c1. The minimum Gasteiger partial charge on any atom is -0.370 e.